The Morgan fingerprint density at radius 3 is 2.34 bits per heavy atom. The number of carbonyl (C=O) groups excluding carboxylic acids is 1. The molecule has 0 aliphatic carbocycles. The highest BCUT2D eigenvalue weighted by molar-refractivity contribution is 5.77. The third-order valence-electron chi connectivity index (χ3n) is 4.91. The molecule has 38 heavy (non-hydrogen) atoms. The standard InChI is InChI=1S/C23H31N9O6/c24-23-30-21-20(27-16-28-21)22(31-23)38-14-18-3-1-17(2-4-18)13-26-19(33)15-37-12-11-36-10-9-35-8-7-34-6-5-29-32-25/h1-4,16H,5-15H2,(H,26,33)(H3,24,27,28,30,31). The first-order valence-corrected chi connectivity index (χ1v) is 11.9. The Kier molecular flexibility index (Phi) is 12.5. The van der Waals surface area contributed by atoms with Crippen LogP contribution in [0.3, 0.4) is 0 Å². The number of amides is 1. The molecule has 0 aliphatic heterocycles. The lowest BCUT2D eigenvalue weighted by molar-refractivity contribution is -0.126. The van der Waals surface area contributed by atoms with E-state index in [-0.39, 0.29) is 25.1 Å². The van der Waals surface area contributed by atoms with Crippen molar-refractivity contribution in [1.29, 1.82) is 0 Å². The molecule has 1 aromatic carbocycles. The number of hydrogen-bond acceptors (Lipinski definition) is 11. The number of benzene rings is 1. The van der Waals surface area contributed by atoms with Gasteiger partial charge in [-0.05, 0) is 16.7 Å². The van der Waals surface area contributed by atoms with Crippen LogP contribution in [0.1, 0.15) is 11.1 Å². The molecule has 0 radical (unpaired) electrons. The van der Waals surface area contributed by atoms with Gasteiger partial charge in [-0.1, -0.05) is 29.4 Å². The van der Waals surface area contributed by atoms with Crippen molar-refractivity contribution in [1.82, 2.24) is 25.3 Å². The van der Waals surface area contributed by atoms with E-state index in [1.54, 1.807) is 0 Å². The fourth-order valence-electron chi connectivity index (χ4n) is 3.06. The molecule has 0 fully saturated rings. The van der Waals surface area contributed by atoms with Gasteiger partial charge in [0.05, 0.1) is 52.6 Å². The number of hydrogen-bond donors (Lipinski definition) is 3. The average Bonchev–Trinajstić information content (AvgIpc) is 3.40. The van der Waals surface area contributed by atoms with Gasteiger partial charge in [-0.25, -0.2) is 4.98 Å². The molecule has 0 unspecified atom stereocenters. The van der Waals surface area contributed by atoms with Gasteiger partial charge in [0.1, 0.15) is 18.7 Å². The van der Waals surface area contributed by atoms with E-state index < -0.39 is 0 Å². The number of nitrogens with zero attached hydrogens (tertiary/aromatic N) is 6. The summed E-state index contributed by atoms with van der Waals surface area (Å²) < 4.78 is 27.0. The zero-order valence-electron chi connectivity index (χ0n) is 20.9. The number of nitrogen functional groups attached to an aromatic ring is 1. The summed E-state index contributed by atoms with van der Waals surface area (Å²) in [5, 5.41) is 6.17. The molecule has 0 atom stereocenters. The molecule has 0 spiro atoms. The largest absolute Gasteiger partial charge is 0.471 e. The summed E-state index contributed by atoms with van der Waals surface area (Å²) in [5.41, 5.74) is 16.7. The van der Waals surface area contributed by atoms with E-state index in [2.05, 4.69) is 35.3 Å². The van der Waals surface area contributed by atoms with Gasteiger partial charge in [0.2, 0.25) is 17.7 Å². The van der Waals surface area contributed by atoms with Crippen molar-refractivity contribution >= 4 is 23.0 Å². The van der Waals surface area contributed by atoms with Crippen molar-refractivity contribution in [3.05, 3.63) is 52.2 Å². The van der Waals surface area contributed by atoms with Crippen LogP contribution >= 0.6 is 0 Å². The van der Waals surface area contributed by atoms with E-state index in [0.717, 1.165) is 11.1 Å². The molecule has 1 amide bonds. The fraction of sp³-hybridized carbons (Fsp3) is 0.478. The van der Waals surface area contributed by atoms with Crippen molar-refractivity contribution in [2.75, 3.05) is 65.1 Å². The molecular formula is C23H31N9O6. The first-order valence-electron chi connectivity index (χ1n) is 11.9. The Balaban J connectivity index is 1.19. The number of nitrogens with one attached hydrogen (secondary N) is 2. The summed E-state index contributed by atoms with van der Waals surface area (Å²) in [7, 11) is 0. The maximum atomic E-state index is 12.0. The summed E-state index contributed by atoms with van der Waals surface area (Å²) in [6, 6.07) is 7.64. The molecule has 3 aromatic rings. The molecule has 4 N–H and O–H groups in total. The predicted molar refractivity (Wildman–Crippen MR) is 136 cm³/mol. The molecule has 2 aromatic heterocycles. The van der Waals surface area contributed by atoms with Crippen LogP contribution < -0.4 is 15.8 Å². The topological polar surface area (TPSA) is 204 Å². The minimum absolute atomic E-state index is 0.0525. The lowest BCUT2D eigenvalue weighted by atomic mass is 10.1. The number of rotatable bonds is 19. The number of imidazole rings is 1. The maximum Gasteiger partial charge on any atom is 0.246 e. The number of anilines is 1. The molecule has 3 rings (SSSR count). The quantitative estimate of drug-likeness (QED) is 0.0883. The van der Waals surface area contributed by atoms with Crippen LogP contribution in [-0.4, -0.2) is 85.2 Å². The Morgan fingerprint density at radius 2 is 1.63 bits per heavy atom. The van der Waals surface area contributed by atoms with Crippen LogP contribution in [0.4, 0.5) is 5.95 Å². The van der Waals surface area contributed by atoms with Gasteiger partial charge in [0.15, 0.2) is 5.65 Å². The van der Waals surface area contributed by atoms with Crippen molar-refractivity contribution in [3.63, 3.8) is 0 Å². The smallest absolute Gasteiger partial charge is 0.246 e. The minimum atomic E-state index is -0.217. The zero-order valence-corrected chi connectivity index (χ0v) is 20.9. The number of azide groups is 1. The highest BCUT2D eigenvalue weighted by atomic mass is 16.6. The van der Waals surface area contributed by atoms with Gasteiger partial charge >= 0.3 is 0 Å². The van der Waals surface area contributed by atoms with Gasteiger partial charge in [-0.2, -0.15) is 9.97 Å². The van der Waals surface area contributed by atoms with E-state index in [1.807, 2.05) is 24.3 Å². The van der Waals surface area contributed by atoms with Gasteiger partial charge in [-0.15, -0.1) is 0 Å². The van der Waals surface area contributed by atoms with Crippen molar-refractivity contribution < 1.29 is 28.5 Å². The highest BCUT2D eigenvalue weighted by Gasteiger charge is 2.10. The molecule has 0 saturated heterocycles. The predicted octanol–water partition coefficient (Wildman–Crippen LogP) is 1.51. The van der Waals surface area contributed by atoms with Crippen LogP contribution in [0.2, 0.25) is 0 Å². The minimum Gasteiger partial charge on any atom is -0.471 e. The van der Waals surface area contributed by atoms with Crippen molar-refractivity contribution in [2.45, 2.75) is 13.2 Å². The SMILES string of the molecule is [N-]=[N+]=NCCOCCOCCOCCOCC(=O)NCc1ccc(COc2nc(N)nc3nc[nH]c23)cc1. The first-order chi connectivity index (χ1) is 18.7. The monoisotopic (exact) mass is 529 g/mol. The second kappa shape index (κ2) is 16.7. The van der Waals surface area contributed by atoms with E-state index in [4.69, 9.17) is 34.9 Å². The normalized spacial score (nSPS) is 10.8. The second-order valence-electron chi connectivity index (χ2n) is 7.71. The fourth-order valence-corrected chi connectivity index (χ4v) is 3.06. The third kappa shape index (κ3) is 10.5. The summed E-state index contributed by atoms with van der Waals surface area (Å²) in [5.74, 6) is 0.208. The molecule has 0 saturated carbocycles. The molecule has 0 bridgehead atoms. The molecule has 204 valence electrons. The summed E-state index contributed by atoms with van der Waals surface area (Å²) in [4.78, 5) is 29.8. The Morgan fingerprint density at radius 1 is 0.974 bits per heavy atom. The first kappa shape index (κ1) is 28.6. The number of fused-ring (bicyclic) bond motifs is 1. The second-order valence-corrected chi connectivity index (χ2v) is 7.71. The maximum absolute atomic E-state index is 12.0. The van der Waals surface area contributed by atoms with E-state index in [0.29, 0.717) is 76.4 Å². The molecule has 2 heterocycles. The van der Waals surface area contributed by atoms with Gasteiger partial charge in [0, 0.05) is 18.0 Å². The molecule has 0 aliphatic rings. The van der Waals surface area contributed by atoms with Crippen LogP contribution in [0.15, 0.2) is 35.7 Å². The number of aromatic nitrogens is 4. The van der Waals surface area contributed by atoms with E-state index in [9.17, 15) is 4.79 Å². The molecular weight excluding hydrogens is 498 g/mol. The van der Waals surface area contributed by atoms with Crippen LogP contribution in [0.5, 0.6) is 5.88 Å². The third-order valence-corrected chi connectivity index (χ3v) is 4.91. The lowest BCUT2D eigenvalue weighted by Crippen LogP contribution is -2.27. The zero-order chi connectivity index (χ0) is 26.8. The van der Waals surface area contributed by atoms with Crippen LogP contribution in [0, 0.1) is 0 Å². The van der Waals surface area contributed by atoms with Crippen molar-refractivity contribution in [3.8, 4) is 5.88 Å². The summed E-state index contributed by atoms with van der Waals surface area (Å²) in [6.07, 6.45) is 1.50. The van der Waals surface area contributed by atoms with Crippen molar-refractivity contribution in [2.24, 2.45) is 5.11 Å². The number of H-pyrrole nitrogens is 1. The average molecular weight is 530 g/mol. The Labute approximate surface area is 218 Å². The van der Waals surface area contributed by atoms with Gasteiger partial charge < -0.3 is 39.7 Å². The molecule has 15 nitrogen and oxygen atoms in total. The van der Waals surface area contributed by atoms with Crippen LogP contribution in [0.25, 0.3) is 21.6 Å². The van der Waals surface area contributed by atoms with E-state index in [1.165, 1.54) is 6.33 Å². The summed E-state index contributed by atoms with van der Waals surface area (Å²) in [6.45, 7) is 3.64. The number of aromatic amines is 1. The number of nitrogens with two attached hydrogens (primary N) is 1. The van der Waals surface area contributed by atoms with E-state index >= 15 is 0 Å². The van der Waals surface area contributed by atoms with Gasteiger partial charge in [0.25, 0.3) is 0 Å². The number of carbonyl (C=O) groups is 1. The summed E-state index contributed by atoms with van der Waals surface area (Å²) >= 11 is 0. The van der Waals surface area contributed by atoms with Gasteiger partial charge in [-0.3, -0.25) is 4.79 Å². The lowest BCUT2D eigenvalue weighted by Gasteiger charge is -2.09. The Hall–Kier alpha value is -4.01. The number of ether oxygens (including phenoxy) is 5. The highest BCUT2D eigenvalue weighted by Crippen LogP contribution is 2.20. The Bertz CT molecular complexity index is 1170. The van der Waals surface area contributed by atoms with Crippen LogP contribution in [-0.2, 0) is 36.9 Å². The molecule has 15 heteroatoms.